The van der Waals surface area contributed by atoms with Crippen molar-refractivity contribution in [2.75, 3.05) is 12.4 Å². The van der Waals surface area contributed by atoms with Crippen LogP contribution in [0.5, 0.6) is 0 Å². The highest BCUT2D eigenvalue weighted by Gasteiger charge is 2.13. The third kappa shape index (κ3) is 5.47. The van der Waals surface area contributed by atoms with Gasteiger partial charge >= 0.3 is 0 Å². The zero-order valence-corrected chi connectivity index (χ0v) is 8.65. The Morgan fingerprint density at radius 2 is 2.08 bits per heavy atom. The van der Waals surface area contributed by atoms with Crippen LogP contribution >= 0.6 is 11.6 Å². The van der Waals surface area contributed by atoms with Crippen LogP contribution in [0.25, 0.3) is 0 Å². The molecule has 13 heavy (non-hydrogen) atoms. The second-order valence-electron chi connectivity index (χ2n) is 2.71. The van der Waals surface area contributed by atoms with Crippen LogP contribution in [0.1, 0.15) is 20.3 Å². The highest BCUT2D eigenvalue weighted by atomic mass is 35.5. The van der Waals surface area contributed by atoms with Crippen molar-refractivity contribution in [1.29, 1.82) is 0 Å². The molecule has 0 saturated heterocycles. The van der Waals surface area contributed by atoms with Gasteiger partial charge in [0.25, 0.3) is 0 Å². The molecule has 5 heteroatoms. The molecular weight excluding hydrogens is 192 g/mol. The minimum absolute atomic E-state index is 0.120. The predicted molar refractivity (Wildman–Crippen MR) is 51.6 cm³/mol. The van der Waals surface area contributed by atoms with Gasteiger partial charge in [0.2, 0.25) is 11.8 Å². The van der Waals surface area contributed by atoms with Crippen LogP contribution < -0.4 is 10.6 Å². The van der Waals surface area contributed by atoms with Crippen molar-refractivity contribution < 1.29 is 9.59 Å². The molecule has 0 aromatic rings. The maximum Gasteiger partial charge on any atom is 0.242 e. The van der Waals surface area contributed by atoms with E-state index in [4.69, 9.17) is 11.6 Å². The molecule has 0 heterocycles. The van der Waals surface area contributed by atoms with Crippen LogP contribution in [0.3, 0.4) is 0 Å². The van der Waals surface area contributed by atoms with Crippen LogP contribution in [0.4, 0.5) is 0 Å². The summed E-state index contributed by atoms with van der Waals surface area (Å²) in [4.78, 5) is 22.0. The monoisotopic (exact) mass is 206 g/mol. The Kier molecular flexibility index (Phi) is 6.32. The van der Waals surface area contributed by atoms with E-state index in [0.29, 0.717) is 6.54 Å². The van der Waals surface area contributed by atoms with Crippen molar-refractivity contribution in [3.63, 3.8) is 0 Å². The minimum atomic E-state index is -0.516. The minimum Gasteiger partial charge on any atom is -0.354 e. The Balaban J connectivity index is 3.75. The summed E-state index contributed by atoms with van der Waals surface area (Å²) in [7, 11) is 0. The average Bonchev–Trinajstić information content (AvgIpc) is 2.13. The third-order valence-corrected chi connectivity index (χ3v) is 1.68. The molecule has 0 aromatic carbocycles. The third-order valence-electron chi connectivity index (χ3n) is 1.44. The number of amides is 2. The first kappa shape index (κ1) is 12.2. The molecule has 0 saturated carbocycles. The lowest BCUT2D eigenvalue weighted by molar-refractivity contribution is -0.127. The van der Waals surface area contributed by atoms with Crippen LogP contribution in [-0.2, 0) is 9.59 Å². The Labute approximate surface area is 83.0 Å². The topological polar surface area (TPSA) is 58.2 Å². The molecule has 2 amide bonds. The van der Waals surface area contributed by atoms with Gasteiger partial charge in [0.1, 0.15) is 11.9 Å². The zero-order valence-electron chi connectivity index (χ0n) is 7.89. The summed E-state index contributed by atoms with van der Waals surface area (Å²) in [5.74, 6) is -0.632. The molecule has 76 valence electrons. The SMILES string of the molecule is CCCNC(=O)C(C)NC(=O)CCl. The molecule has 1 unspecified atom stereocenters. The van der Waals surface area contributed by atoms with Gasteiger partial charge in [-0.1, -0.05) is 6.92 Å². The second-order valence-corrected chi connectivity index (χ2v) is 2.98. The number of carbonyl (C=O) groups is 2. The molecule has 0 aliphatic carbocycles. The van der Waals surface area contributed by atoms with Gasteiger partial charge in [-0.2, -0.15) is 0 Å². The molecule has 0 bridgehead atoms. The van der Waals surface area contributed by atoms with Crippen LogP contribution in [0, 0.1) is 0 Å². The van der Waals surface area contributed by atoms with Gasteiger partial charge in [-0.3, -0.25) is 9.59 Å². The molecule has 0 spiro atoms. The summed E-state index contributed by atoms with van der Waals surface area (Å²) in [6.07, 6.45) is 0.877. The van der Waals surface area contributed by atoms with Gasteiger partial charge in [-0.25, -0.2) is 0 Å². The largest absolute Gasteiger partial charge is 0.354 e. The fraction of sp³-hybridized carbons (Fsp3) is 0.750. The summed E-state index contributed by atoms with van der Waals surface area (Å²) >= 11 is 5.26. The quantitative estimate of drug-likeness (QED) is 0.634. The van der Waals surface area contributed by atoms with Crippen LogP contribution in [0.15, 0.2) is 0 Å². The van der Waals surface area contributed by atoms with Gasteiger partial charge in [-0.15, -0.1) is 11.6 Å². The van der Waals surface area contributed by atoms with Crippen molar-refractivity contribution in [3.8, 4) is 0 Å². The number of halogens is 1. The smallest absolute Gasteiger partial charge is 0.242 e. The highest BCUT2D eigenvalue weighted by Crippen LogP contribution is 1.84. The van der Waals surface area contributed by atoms with Crippen LogP contribution in [0.2, 0.25) is 0 Å². The predicted octanol–water partition coefficient (Wildman–Crippen LogP) is 0.256. The Morgan fingerprint density at radius 3 is 2.54 bits per heavy atom. The van der Waals surface area contributed by atoms with E-state index >= 15 is 0 Å². The lowest BCUT2D eigenvalue weighted by Crippen LogP contribution is -2.45. The van der Waals surface area contributed by atoms with Crippen molar-refractivity contribution in [3.05, 3.63) is 0 Å². The molecule has 0 aliphatic rings. The summed E-state index contributed by atoms with van der Waals surface area (Å²) < 4.78 is 0. The molecular formula is C8H15ClN2O2. The van der Waals surface area contributed by atoms with Gasteiger partial charge < -0.3 is 10.6 Å². The fourth-order valence-corrected chi connectivity index (χ4v) is 0.824. The first-order valence-electron chi connectivity index (χ1n) is 4.24. The Morgan fingerprint density at radius 1 is 1.46 bits per heavy atom. The van der Waals surface area contributed by atoms with Crippen molar-refractivity contribution in [1.82, 2.24) is 10.6 Å². The first-order valence-corrected chi connectivity index (χ1v) is 4.78. The molecule has 2 N–H and O–H groups in total. The van der Waals surface area contributed by atoms with E-state index in [1.807, 2.05) is 6.92 Å². The van der Waals surface area contributed by atoms with Crippen molar-refractivity contribution in [2.45, 2.75) is 26.3 Å². The Bertz CT molecular complexity index is 185. The standard InChI is InChI=1S/C8H15ClN2O2/c1-3-4-10-8(13)6(2)11-7(12)5-9/h6H,3-5H2,1-2H3,(H,10,13)(H,11,12). The number of hydrogen-bond donors (Lipinski definition) is 2. The van der Waals surface area contributed by atoms with Gasteiger partial charge in [0.05, 0.1) is 0 Å². The van der Waals surface area contributed by atoms with E-state index in [-0.39, 0.29) is 17.7 Å². The van der Waals surface area contributed by atoms with Gasteiger partial charge in [0.15, 0.2) is 0 Å². The zero-order chi connectivity index (χ0) is 10.3. The van der Waals surface area contributed by atoms with E-state index in [0.717, 1.165) is 6.42 Å². The molecule has 4 nitrogen and oxygen atoms in total. The number of nitrogens with one attached hydrogen (secondary N) is 2. The summed E-state index contributed by atoms with van der Waals surface area (Å²) in [5, 5.41) is 5.12. The number of carbonyl (C=O) groups excluding carboxylic acids is 2. The number of hydrogen-bond acceptors (Lipinski definition) is 2. The summed E-state index contributed by atoms with van der Waals surface area (Å²) in [6.45, 7) is 4.21. The Hall–Kier alpha value is -0.770. The highest BCUT2D eigenvalue weighted by molar-refractivity contribution is 6.27. The van der Waals surface area contributed by atoms with E-state index in [2.05, 4.69) is 10.6 Å². The molecule has 0 aromatic heterocycles. The van der Waals surface area contributed by atoms with E-state index in [9.17, 15) is 9.59 Å². The lowest BCUT2D eigenvalue weighted by Gasteiger charge is -2.12. The molecule has 1 atom stereocenters. The van der Waals surface area contributed by atoms with Crippen molar-refractivity contribution >= 4 is 23.4 Å². The number of alkyl halides is 1. The first-order chi connectivity index (χ1) is 6.11. The summed E-state index contributed by atoms with van der Waals surface area (Å²) in [6, 6.07) is -0.516. The normalized spacial score (nSPS) is 11.9. The maximum atomic E-state index is 11.2. The molecule has 0 radical (unpaired) electrons. The van der Waals surface area contributed by atoms with Crippen molar-refractivity contribution in [2.24, 2.45) is 0 Å². The molecule has 0 aliphatic heterocycles. The lowest BCUT2D eigenvalue weighted by atomic mass is 10.3. The van der Waals surface area contributed by atoms with Gasteiger partial charge in [-0.05, 0) is 13.3 Å². The number of rotatable bonds is 5. The van der Waals surface area contributed by atoms with E-state index < -0.39 is 6.04 Å². The van der Waals surface area contributed by atoms with Crippen LogP contribution in [-0.4, -0.2) is 30.3 Å². The molecule has 0 rings (SSSR count). The maximum absolute atomic E-state index is 11.2. The van der Waals surface area contributed by atoms with E-state index in [1.165, 1.54) is 0 Å². The second kappa shape index (κ2) is 6.71. The average molecular weight is 207 g/mol. The summed E-state index contributed by atoms with van der Waals surface area (Å²) in [5.41, 5.74) is 0. The molecule has 0 fully saturated rings. The van der Waals surface area contributed by atoms with Gasteiger partial charge in [0, 0.05) is 6.54 Å². The fourth-order valence-electron chi connectivity index (χ4n) is 0.747. The van der Waals surface area contributed by atoms with E-state index in [1.54, 1.807) is 6.92 Å².